The third-order valence-corrected chi connectivity index (χ3v) is 5.14. The maximum Gasteiger partial charge on any atom is 0.254 e. The summed E-state index contributed by atoms with van der Waals surface area (Å²) in [6.07, 6.45) is 6.68. The fourth-order valence-corrected chi connectivity index (χ4v) is 3.64. The van der Waals surface area contributed by atoms with Crippen molar-refractivity contribution in [2.45, 2.75) is 37.8 Å². The molecule has 128 valence electrons. The van der Waals surface area contributed by atoms with Crippen molar-refractivity contribution in [2.75, 3.05) is 11.9 Å². The second kappa shape index (κ2) is 6.11. The van der Waals surface area contributed by atoms with E-state index >= 15 is 0 Å². The van der Waals surface area contributed by atoms with Gasteiger partial charge in [0.1, 0.15) is 12.1 Å². The number of anilines is 1. The Morgan fingerprint density at radius 3 is 2.84 bits per heavy atom. The number of nitrogens with zero attached hydrogens (tertiary/aromatic N) is 4. The predicted octanol–water partition coefficient (Wildman–Crippen LogP) is 3.16. The zero-order valence-corrected chi connectivity index (χ0v) is 14.0. The highest BCUT2D eigenvalue weighted by molar-refractivity contribution is 5.65. The fraction of sp³-hybridized carbons (Fsp3) is 0.421. The molecule has 3 heterocycles. The molecule has 1 aliphatic heterocycles. The van der Waals surface area contributed by atoms with E-state index in [1.165, 1.54) is 12.8 Å². The Bertz CT molecular complexity index is 874. The summed E-state index contributed by atoms with van der Waals surface area (Å²) < 4.78 is 7.73. The minimum atomic E-state index is 0.401. The Morgan fingerprint density at radius 1 is 1.12 bits per heavy atom. The van der Waals surface area contributed by atoms with Gasteiger partial charge in [-0.25, -0.2) is 4.98 Å². The Kier molecular flexibility index (Phi) is 3.63. The minimum absolute atomic E-state index is 0.401. The number of aromatic nitrogens is 4. The summed E-state index contributed by atoms with van der Waals surface area (Å²) in [5.41, 5.74) is 1.99. The highest BCUT2D eigenvalue weighted by Gasteiger charge is 2.36. The van der Waals surface area contributed by atoms with Crippen LogP contribution in [0.25, 0.3) is 17.0 Å². The summed E-state index contributed by atoms with van der Waals surface area (Å²) in [6, 6.07) is 12.7. The molecule has 1 saturated heterocycles. The molecule has 6 heteroatoms. The van der Waals surface area contributed by atoms with Crippen molar-refractivity contribution in [3.8, 4) is 11.3 Å². The Balaban J connectivity index is 1.46. The molecule has 1 aliphatic carbocycles. The molecule has 0 bridgehead atoms. The number of hydrogen-bond donors (Lipinski definition) is 1. The monoisotopic (exact) mass is 335 g/mol. The first-order chi connectivity index (χ1) is 12.4. The van der Waals surface area contributed by atoms with Crippen LogP contribution in [0.4, 0.5) is 5.82 Å². The van der Waals surface area contributed by atoms with Crippen LogP contribution >= 0.6 is 0 Å². The van der Waals surface area contributed by atoms with Crippen LogP contribution < -0.4 is 5.32 Å². The molecule has 2 aromatic heterocycles. The molecule has 3 aromatic rings. The van der Waals surface area contributed by atoms with Gasteiger partial charge in [-0.15, -0.1) is 0 Å². The summed E-state index contributed by atoms with van der Waals surface area (Å²) in [4.78, 5) is 8.92. The lowest BCUT2D eigenvalue weighted by Gasteiger charge is -2.30. The van der Waals surface area contributed by atoms with Gasteiger partial charge in [-0.2, -0.15) is 14.6 Å². The van der Waals surface area contributed by atoms with Gasteiger partial charge in [0.25, 0.3) is 5.78 Å². The van der Waals surface area contributed by atoms with Crippen molar-refractivity contribution in [3.63, 3.8) is 0 Å². The third-order valence-electron chi connectivity index (χ3n) is 5.14. The lowest BCUT2D eigenvalue weighted by molar-refractivity contribution is -0.00225. The van der Waals surface area contributed by atoms with E-state index in [1.807, 2.05) is 18.2 Å². The van der Waals surface area contributed by atoms with Crippen LogP contribution in [-0.4, -0.2) is 38.3 Å². The fourth-order valence-electron chi connectivity index (χ4n) is 3.64. The Hall–Kier alpha value is -2.47. The molecule has 0 radical (unpaired) electrons. The van der Waals surface area contributed by atoms with Crippen molar-refractivity contribution < 1.29 is 4.74 Å². The van der Waals surface area contributed by atoms with E-state index in [0.29, 0.717) is 17.9 Å². The molecule has 2 fully saturated rings. The van der Waals surface area contributed by atoms with Gasteiger partial charge in [0.2, 0.25) is 0 Å². The molecular weight excluding hydrogens is 314 g/mol. The Morgan fingerprint density at radius 2 is 2.00 bits per heavy atom. The average Bonchev–Trinajstić information content (AvgIpc) is 3.40. The topological polar surface area (TPSA) is 64.3 Å². The molecule has 6 nitrogen and oxygen atoms in total. The van der Waals surface area contributed by atoms with Gasteiger partial charge in [-0.1, -0.05) is 30.3 Å². The number of nitrogens with one attached hydrogen (secondary N) is 1. The van der Waals surface area contributed by atoms with E-state index < -0.39 is 0 Å². The van der Waals surface area contributed by atoms with Crippen LogP contribution in [0.3, 0.4) is 0 Å². The summed E-state index contributed by atoms with van der Waals surface area (Å²) in [5, 5.41) is 8.01. The zero-order valence-electron chi connectivity index (χ0n) is 14.0. The highest BCUT2D eigenvalue weighted by atomic mass is 16.5. The van der Waals surface area contributed by atoms with Gasteiger partial charge < -0.3 is 10.1 Å². The highest BCUT2D eigenvalue weighted by Crippen LogP contribution is 2.38. The number of benzene rings is 1. The van der Waals surface area contributed by atoms with Gasteiger partial charge in [0.15, 0.2) is 0 Å². The predicted molar refractivity (Wildman–Crippen MR) is 95.3 cm³/mol. The third kappa shape index (κ3) is 2.98. The maximum absolute atomic E-state index is 5.95. The smallest absolute Gasteiger partial charge is 0.254 e. The molecule has 2 unspecified atom stereocenters. The summed E-state index contributed by atoms with van der Waals surface area (Å²) in [7, 11) is 0. The van der Waals surface area contributed by atoms with Crippen LogP contribution in [0.2, 0.25) is 0 Å². The number of ether oxygens (including phenoxy) is 1. The molecule has 0 spiro atoms. The van der Waals surface area contributed by atoms with Crippen molar-refractivity contribution in [3.05, 3.63) is 42.7 Å². The average molecular weight is 335 g/mol. The number of rotatable bonds is 4. The first-order valence-corrected chi connectivity index (χ1v) is 9.01. The number of hydrogen-bond acceptors (Lipinski definition) is 5. The summed E-state index contributed by atoms with van der Waals surface area (Å²) in [6.45, 7) is 0.829. The van der Waals surface area contributed by atoms with Crippen LogP contribution in [0, 0.1) is 5.92 Å². The van der Waals surface area contributed by atoms with E-state index in [-0.39, 0.29) is 0 Å². The van der Waals surface area contributed by atoms with E-state index in [2.05, 4.69) is 38.6 Å². The summed E-state index contributed by atoms with van der Waals surface area (Å²) in [5.74, 6) is 2.34. The van der Waals surface area contributed by atoms with Gasteiger partial charge in [0.05, 0.1) is 11.8 Å². The molecule has 1 N–H and O–H groups in total. The molecule has 1 aromatic carbocycles. The first-order valence-electron chi connectivity index (χ1n) is 9.01. The molecule has 5 rings (SSSR count). The quantitative estimate of drug-likeness (QED) is 0.793. The van der Waals surface area contributed by atoms with Crippen LogP contribution in [0.5, 0.6) is 0 Å². The van der Waals surface area contributed by atoms with Gasteiger partial charge in [-0.05, 0) is 31.6 Å². The second-order valence-electron chi connectivity index (χ2n) is 6.98. The van der Waals surface area contributed by atoms with Crippen molar-refractivity contribution in [1.29, 1.82) is 0 Å². The van der Waals surface area contributed by atoms with E-state index in [9.17, 15) is 0 Å². The molecule has 25 heavy (non-hydrogen) atoms. The number of fused-ring (bicyclic) bond motifs is 1. The largest absolute Gasteiger partial charge is 0.378 e. The van der Waals surface area contributed by atoms with Crippen LogP contribution in [-0.2, 0) is 4.74 Å². The SMILES string of the molecule is c1ccc(-c2cc(NC3CCOC(C4CC4)C3)n3ncnc3n2)cc1. The van der Waals surface area contributed by atoms with Crippen LogP contribution in [0.1, 0.15) is 25.7 Å². The van der Waals surface area contributed by atoms with E-state index in [1.54, 1.807) is 10.8 Å². The molecular formula is C19H21N5O. The standard InChI is InChI=1S/C19H21N5O/c1-2-4-13(5-3-1)16-11-18(24-19(23-16)20-12-21-24)22-15-8-9-25-17(10-15)14-6-7-14/h1-5,11-12,14-15,17,22H,6-10H2. The molecule has 1 saturated carbocycles. The Labute approximate surface area is 146 Å². The van der Waals surface area contributed by atoms with E-state index in [0.717, 1.165) is 42.4 Å². The molecule has 0 amide bonds. The van der Waals surface area contributed by atoms with Crippen molar-refractivity contribution in [2.24, 2.45) is 5.92 Å². The maximum atomic E-state index is 5.95. The van der Waals surface area contributed by atoms with Crippen molar-refractivity contribution >= 4 is 11.6 Å². The van der Waals surface area contributed by atoms with Crippen molar-refractivity contribution in [1.82, 2.24) is 19.6 Å². The molecule has 2 atom stereocenters. The molecule has 2 aliphatic rings. The van der Waals surface area contributed by atoms with Gasteiger partial charge in [-0.3, -0.25) is 0 Å². The lowest BCUT2D eigenvalue weighted by atomic mass is 10.00. The normalized spacial score (nSPS) is 23.7. The van der Waals surface area contributed by atoms with Crippen LogP contribution in [0.15, 0.2) is 42.7 Å². The lowest BCUT2D eigenvalue weighted by Crippen LogP contribution is -2.35. The second-order valence-corrected chi connectivity index (χ2v) is 6.98. The zero-order chi connectivity index (χ0) is 16.6. The summed E-state index contributed by atoms with van der Waals surface area (Å²) >= 11 is 0. The first kappa shape index (κ1) is 14.8. The van der Waals surface area contributed by atoms with E-state index in [4.69, 9.17) is 4.74 Å². The van der Waals surface area contributed by atoms with Gasteiger partial charge in [0, 0.05) is 24.3 Å². The van der Waals surface area contributed by atoms with Gasteiger partial charge >= 0.3 is 0 Å². The minimum Gasteiger partial charge on any atom is -0.378 e.